The van der Waals surface area contributed by atoms with Crippen LogP contribution in [-0.2, 0) is 4.74 Å². The van der Waals surface area contributed by atoms with Crippen LogP contribution in [0.2, 0.25) is 5.02 Å². The van der Waals surface area contributed by atoms with E-state index >= 15 is 0 Å². The molecule has 0 aromatic heterocycles. The van der Waals surface area contributed by atoms with Gasteiger partial charge in [-0.2, -0.15) is 0 Å². The third-order valence-corrected chi connectivity index (χ3v) is 3.42. The summed E-state index contributed by atoms with van der Waals surface area (Å²) < 4.78 is 5.17. The summed E-state index contributed by atoms with van der Waals surface area (Å²) in [7, 11) is 1.67. The third kappa shape index (κ3) is 2.52. The van der Waals surface area contributed by atoms with Crippen LogP contribution in [-0.4, -0.2) is 30.3 Å². The maximum absolute atomic E-state index is 11.2. The molecule has 1 aromatic rings. The summed E-state index contributed by atoms with van der Waals surface area (Å²) in [5.74, 6) is -1.05. The quantitative estimate of drug-likeness (QED) is 0.731. The van der Waals surface area contributed by atoms with Crippen LogP contribution in [0, 0.1) is 0 Å². The van der Waals surface area contributed by atoms with Gasteiger partial charge < -0.3 is 20.9 Å². The molecule has 6 heteroatoms. The average molecular weight is 271 g/mol. The van der Waals surface area contributed by atoms with E-state index in [9.17, 15) is 4.79 Å². The Balaban J connectivity index is 2.19. The van der Waals surface area contributed by atoms with E-state index in [0.717, 1.165) is 12.8 Å². The van der Waals surface area contributed by atoms with Gasteiger partial charge in [0.05, 0.1) is 22.4 Å². The third-order valence-electron chi connectivity index (χ3n) is 3.12. The van der Waals surface area contributed by atoms with Crippen molar-refractivity contribution in [3.63, 3.8) is 0 Å². The van der Waals surface area contributed by atoms with E-state index in [1.165, 1.54) is 6.07 Å². The first-order chi connectivity index (χ1) is 8.51. The molecule has 4 N–H and O–H groups in total. The van der Waals surface area contributed by atoms with Gasteiger partial charge in [0, 0.05) is 18.8 Å². The molecule has 1 fully saturated rings. The highest BCUT2D eigenvalue weighted by atomic mass is 35.5. The fourth-order valence-corrected chi connectivity index (χ4v) is 2.31. The molecule has 1 aliphatic rings. The number of nitrogens with one attached hydrogen (secondary N) is 1. The van der Waals surface area contributed by atoms with Crippen LogP contribution in [0.25, 0.3) is 0 Å². The fourth-order valence-electron chi connectivity index (χ4n) is 2.02. The van der Waals surface area contributed by atoms with E-state index in [4.69, 9.17) is 27.2 Å². The van der Waals surface area contributed by atoms with E-state index in [-0.39, 0.29) is 17.7 Å². The van der Waals surface area contributed by atoms with E-state index in [0.29, 0.717) is 16.4 Å². The minimum atomic E-state index is -1.05. The second-order valence-electron chi connectivity index (χ2n) is 4.40. The molecule has 0 atom stereocenters. The molecule has 0 saturated heterocycles. The predicted molar refractivity (Wildman–Crippen MR) is 70.3 cm³/mol. The largest absolute Gasteiger partial charge is 0.478 e. The molecule has 0 amide bonds. The molecule has 98 valence electrons. The monoisotopic (exact) mass is 270 g/mol. The van der Waals surface area contributed by atoms with Crippen molar-refractivity contribution in [1.82, 2.24) is 0 Å². The number of hydrogen-bond acceptors (Lipinski definition) is 4. The molecule has 0 bridgehead atoms. The van der Waals surface area contributed by atoms with Gasteiger partial charge in [-0.1, -0.05) is 11.6 Å². The summed E-state index contributed by atoms with van der Waals surface area (Å²) in [6.45, 7) is 0. The van der Waals surface area contributed by atoms with Gasteiger partial charge in [0.1, 0.15) is 0 Å². The van der Waals surface area contributed by atoms with Crippen LogP contribution in [0.4, 0.5) is 11.4 Å². The van der Waals surface area contributed by atoms with Gasteiger partial charge in [0.25, 0.3) is 0 Å². The van der Waals surface area contributed by atoms with Gasteiger partial charge in [-0.25, -0.2) is 4.79 Å². The standard InChI is InChI=1S/C12H15ClN2O3/c1-18-8-4-7(5-8)15-11-9(12(16)17)2-6(14)3-10(11)13/h2-3,7-8,15H,4-5,14H2,1H3,(H,16,17). The molecular weight excluding hydrogens is 256 g/mol. The first-order valence-corrected chi connectivity index (χ1v) is 6.00. The second kappa shape index (κ2) is 5.04. The lowest BCUT2D eigenvalue weighted by Crippen LogP contribution is -2.40. The zero-order valence-corrected chi connectivity index (χ0v) is 10.7. The summed E-state index contributed by atoms with van der Waals surface area (Å²) in [5.41, 5.74) is 6.46. The number of nitrogen functional groups attached to an aromatic ring is 1. The molecule has 5 nitrogen and oxygen atoms in total. The van der Waals surface area contributed by atoms with Crippen molar-refractivity contribution < 1.29 is 14.6 Å². The highest BCUT2D eigenvalue weighted by Gasteiger charge is 2.30. The van der Waals surface area contributed by atoms with Crippen LogP contribution in [0.3, 0.4) is 0 Å². The topological polar surface area (TPSA) is 84.6 Å². The lowest BCUT2D eigenvalue weighted by atomic mass is 9.89. The molecule has 0 aliphatic heterocycles. The molecule has 0 radical (unpaired) electrons. The Morgan fingerprint density at radius 1 is 1.56 bits per heavy atom. The zero-order chi connectivity index (χ0) is 13.3. The number of benzene rings is 1. The smallest absolute Gasteiger partial charge is 0.337 e. The van der Waals surface area contributed by atoms with Gasteiger partial charge in [0.2, 0.25) is 0 Å². The Morgan fingerprint density at radius 3 is 2.78 bits per heavy atom. The molecule has 2 rings (SSSR count). The molecular formula is C12H15ClN2O3. The summed E-state index contributed by atoms with van der Waals surface area (Å²) in [6.07, 6.45) is 1.93. The van der Waals surface area contributed by atoms with E-state index < -0.39 is 5.97 Å². The number of rotatable bonds is 4. The van der Waals surface area contributed by atoms with Gasteiger partial charge in [-0.05, 0) is 25.0 Å². The number of carboxylic acid groups (broad SMARTS) is 1. The predicted octanol–water partition coefficient (Wildman–Crippen LogP) is 2.21. The highest BCUT2D eigenvalue weighted by molar-refractivity contribution is 6.34. The van der Waals surface area contributed by atoms with Crippen molar-refractivity contribution in [1.29, 1.82) is 0 Å². The number of carbonyl (C=O) groups is 1. The Kier molecular flexibility index (Phi) is 3.63. The van der Waals surface area contributed by atoms with Crippen LogP contribution in [0.15, 0.2) is 12.1 Å². The summed E-state index contributed by atoms with van der Waals surface area (Å²) in [6, 6.07) is 3.14. The molecule has 1 aliphatic carbocycles. The summed E-state index contributed by atoms with van der Waals surface area (Å²) in [4.78, 5) is 11.2. The Bertz CT molecular complexity index is 473. The number of hydrogen-bond donors (Lipinski definition) is 3. The summed E-state index contributed by atoms with van der Waals surface area (Å²) in [5, 5.41) is 12.6. The Labute approximate surface area is 110 Å². The number of carboxylic acids is 1. The Morgan fingerprint density at radius 2 is 2.22 bits per heavy atom. The maximum Gasteiger partial charge on any atom is 0.337 e. The second-order valence-corrected chi connectivity index (χ2v) is 4.81. The fraction of sp³-hybridized carbons (Fsp3) is 0.417. The van der Waals surface area contributed by atoms with Crippen molar-refractivity contribution in [2.45, 2.75) is 25.0 Å². The van der Waals surface area contributed by atoms with Crippen molar-refractivity contribution in [3.05, 3.63) is 22.7 Å². The number of halogens is 1. The van der Waals surface area contributed by atoms with Crippen molar-refractivity contribution in [2.24, 2.45) is 0 Å². The number of anilines is 2. The highest BCUT2D eigenvalue weighted by Crippen LogP contribution is 2.33. The van der Waals surface area contributed by atoms with Crippen LogP contribution in [0.1, 0.15) is 23.2 Å². The Hall–Kier alpha value is -1.46. The minimum Gasteiger partial charge on any atom is -0.478 e. The van der Waals surface area contributed by atoms with Crippen LogP contribution in [0.5, 0.6) is 0 Å². The lowest BCUT2D eigenvalue weighted by molar-refractivity contribution is 0.0328. The maximum atomic E-state index is 11.2. The van der Waals surface area contributed by atoms with Gasteiger partial charge in [-0.15, -0.1) is 0 Å². The van der Waals surface area contributed by atoms with E-state index in [1.807, 2.05) is 0 Å². The van der Waals surface area contributed by atoms with Crippen molar-refractivity contribution >= 4 is 28.9 Å². The van der Waals surface area contributed by atoms with E-state index in [1.54, 1.807) is 13.2 Å². The average Bonchev–Trinajstić information content (AvgIpc) is 2.24. The lowest BCUT2D eigenvalue weighted by Gasteiger charge is -2.35. The number of methoxy groups -OCH3 is 1. The van der Waals surface area contributed by atoms with Gasteiger partial charge >= 0.3 is 5.97 Å². The minimum absolute atomic E-state index is 0.0980. The number of nitrogens with two attached hydrogens (primary N) is 1. The molecule has 18 heavy (non-hydrogen) atoms. The molecule has 1 aromatic carbocycles. The van der Waals surface area contributed by atoms with E-state index in [2.05, 4.69) is 5.32 Å². The van der Waals surface area contributed by atoms with Crippen LogP contribution < -0.4 is 11.1 Å². The zero-order valence-electron chi connectivity index (χ0n) is 9.94. The van der Waals surface area contributed by atoms with Crippen LogP contribution >= 0.6 is 11.6 Å². The van der Waals surface area contributed by atoms with Crippen molar-refractivity contribution in [2.75, 3.05) is 18.2 Å². The molecule has 0 heterocycles. The molecule has 0 unspecified atom stereocenters. The molecule has 1 saturated carbocycles. The van der Waals surface area contributed by atoms with Gasteiger partial charge in [-0.3, -0.25) is 0 Å². The normalized spacial score (nSPS) is 22.3. The number of aromatic carboxylic acids is 1. The summed E-state index contributed by atoms with van der Waals surface area (Å²) >= 11 is 6.04. The van der Waals surface area contributed by atoms with Gasteiger partial charge in [0.15, 0.2) is 0 Å². The molecule has 0 spiro atoms. The number of ether oxygens (including phenoxy) is 1. The first-order valence-electron chi connectivity index (χ1n) is 5.63. The van der Waals surface area contributed by atoms with Crippen molar-refractivity contribution in [3.8, 4) is 0 Å². The first kappa shape index (κ1) is 13.0. The SMILES string of the molecule is COC1CC(Nc2c(Cl)cc(N)cc2C(=O)O)C1.